The van der Waals surface area contributed by atoms with Crippen molar-refractivity contribution in [2.24, 2.45) is 0 Å². The van der Waals surface area contributed by atoms with E-state index in [1.54, 1.807) is 0 Å². The smallest absolute Gasteiger partial charge is 0.202 e. The first-order chi connectivity index (χ1) is 7.00. The third kappa shape index (κ3) is 2.79. The van der Waals surface area contributed by atoms with Crippen LogP contribution >= 0.6 is 21.0 Å². The zero-order chi connectivity index (χ0) is 12.2. The summed E-state index contributed by atoms with van der Waals surface area (Å²) in [5, 5.41) is 8.54. The van der Waals surface area contributed by atoms with Crippen LogP contribution in [0.1, 0.15) is 13.8 Å². The number of benzene rings is 1. The lowest BCUT2D eigenvalue weighted by Gasteiger charge is -2.07. The molecule has 15 heavy (non-hydrogen) atoms. The van der Waals surface area contributed by atoms with Crippen LogP contribution in [0.3, 0.4) is 0 Å². The second-order valence-electron chi connectivity index (χ2n) is 2.24. The molecule has 0 saturated heterocycles. The lowest BCUT2D eigenvalue weighted by atomic mass is 10.3. The van der Waals surface area contributed by atoms with Crippen LogP contribution in [0.4, 0.5) is 13.2 Å². The molecule has 0 bridgehead atoms. The highest BCUT2D eigenvalue weighted by Gasteiger charge is 2.21. The van der Waals surface area contributed by atoms with Gasteiger partial charge >= 0.3 is 0 Å². The third-order valence-electron chi connectivity index (χ3n) is 1.50. The Bertz CT molecular complexity index is 329. The van der Waals surface area contributed by atoms with Crippen molar-refractivity contribution >= 4 is 26.3 Å². The van der Waals surface area contributed by atoms with Crippen LogP contribution in [0.25, 0.3) is 0 Å². The van der Waals surface area contributed by atoms with Gasteiger partial charge in [-0.3, -0.25) is 0 Å². The van der Waals surface area contributed by atoms with Crippen molar-refractivity contribution < 1.29 is 18.3 Å². The van der Waals surface area contributed by atoms with Gasteiger partial charge in [-0.15, -0.1) is 11.8 Å². The van der Waals surface area contributed by atoms with Crippen LogP contribution in [-0.2, 0) is 0 Å². The first-order valence-electron chi connectivity index (χ1n) is 4.19. The van der Waals surface area contributed by atoms with Crippen LogP contribution in [0.15, 0.2) is 4.90 Å². The fraction of sp³-hybridized carbons (Fsp3) is 0.333. The normalized spacial score (nSPS) is 9.53. The van der Waals surface area contributed by atoms with Gasteiger partial charge in [-0.05, 0) is 6.26 Å². The van der Waals surface area contributed by atoms with Crippen LogP contribution in [-0.4, -0.2) is 11.4 Å². The Labute approximate surface area is 93.3 Å². The summed E-state index contributed by atoms with van der Waals surface area (Å²) in [4.78, 5) is -0.430. The van der Waals surface area contributed by atoms with Gasteiger partial charge in [0.05, 0.1) is 10.2 Å². The molecule has 1 aromatic carbocycles. The quantitative estimate of drug-likeness (QED) is 0.473. The third-order valence-corrected chi connectivity index (χ3v) is 2.79. The minimum Gasteiger partial charge on any atom is -0.504 e. The minimum absolute atomic E-state index is 0.358. The van der Waals surface area contributed by atoms with Crippen molar-refractivity contribution in [2.45, 2.75) is 18.7 Å². The van der Waals surface area contributed by atoms with Crippen molar-refractivity contribution in [2.75, 3.05) is 6.26 Å². The lowest BCUT2D eigenvalue weighted by Crippen LogP contribution is -2.07. The molecular weight excluding hydrogens is 244 g/mol. The SMILES string of the molecule is CC.CSc1c(F)c(F)c(O)c(P)c1F. The number of rotatable bonds is 1. The van der Waals surface area contributed by atoms with E-state index in [0.29, 0.717) is 0 Å². The molecule has 0 spiro atoms. The number of halogens is 3. The zero-order valence-electron chi connectivity index (χ0n) is 8.57. The highest BCUT2D eigenvalue weighted by molar-refractivity contribution is 7.98. The molecule has 0 aliphatic heterocycles. The van der Waals surface area contributed by atoms with Gasteiger partial charge in [0.2, 0.25) is 5.82 Å². The predicted octanol–water partition coefficient (Wildman–Crippen LogP) is 3.06. The van der Waals surface area contributed by atoms with E-state index in [0.717, 1.165) is 11.8 Å². The molecule has 1 aromatic rings. The molecule has 1 rings (SSSR count). The maximum atomic E-state index is 13.1. The van der Waals surface area contributed by atoms with Crippen LogP contribution in [0.2, 0.25) is 0 Å². The number of phenols is 1. The second-order valence-corrected chi connectivity index (χ2v) is 3.63. The first-order valence-corrected chi connectivity index (χ1v) is 5.99. The summed E-state index contributed by atoms with van der Waals surface area (Å²) in [6.45, 7) is 4.00. The molecule has 0 aliphatic carbocycles. The molecule has 1 nitrogen and oxygen atoms in total. The van der Waals surface area contributed by atoms with Crippen LogP contribution in [0.5, 0.6) is 5.75 Å². The number of aromatic hydroxyl groups is 1. The van der Waals surface area contributed by atoms with Crippen molar-refractivity contribution in [3.05, 3.63) is 17.5 Å². The van der Waals surface area contributed by atoms with E-state index in [4.69, 9.17) is 5.11 Å². The number of hydrogen-bond acceptors (Lipinski definition) is 2. The number of hydrogen-bond donors (Lipinski definition) is 1. The lowest BCUT2D eigenvalue weighted by molar-refractivity contribution is 0.394. The Kier molecular flexibility index (Phi) is 6.06. The Morgan fingerprint density at radius 1 is 1.07 bits per heavy atom. The van der Waals surface area contributed by atoms with Gasteiger partial charge in [0, 0.05) is 0 Å². The van der Waals surface area contributed by atoms with Gasteiger partial charge in [-0.25, -0.2) is 8.78 Å². The van der Waals surface area contributed by atoms with Crippen molar-refractivity contribution in [3.63, 3.8) is 0 Å². The van der Waals surface area contributed by atoms with Crippen LogP contribution in [0, 0.1) is 17.5 Å². The van der Waals surface area contributed by atoms with E-state index < -0.39 is 28.1 Å². The molecule has 0 amide bonds. The summed E-state index contributed by atoms with van der Waals surface area (Å²) in [6, 6.07) is 0. The van der Waals surface area contributed by atoms with E-state index in [1.807, 2.05) is 23.1 Å². The molecule has 0 fully saturated rings. The summed E-state index contributed by atoms with van der Waals surface area (Å²) >= 11 is 0.745. The van der Waals surface area contributed by atoms with E-state index in [2.05, 4.69) is 0 Å². The molecule has 86 valence electrons. The molecule has 6 heteroatoms. The zero-order valence-corrected chi connectivity index (χ0v) is 10.5. The van der Waals surface area contributed by atoms with Crippen molar-refractivity contribution in [3.8, 4) is 5.75 Å². The summed E-state index contributed by atoms with van der Waals surface area (Å²) in [6.07, 6.45) is 1.42. The molecule has 0 saturated carbocycles. The Hall–Kier alpha value is -0.410. The number of thioether (sulfide) groups is 1. The minimum atomic E-state index is -1.42. The van der Waals surface area contributed by atoms with Crippen molar-refractivity contribution in [1.29, 1.82) is 0 Å². The highest BCUT2D eigenvalue weighted by atomic mass is 32.2. The average Bonchev–Trinajstić information content (AvgIpc) is 2.27. The van der Waals surface area contributed by atoms with Gasteiger partial charge in [0.15, 0.2) is 17.4 Å². The maximum absolute atomic E-state index is 13.1. The first kappa shape index (κ1) is 14.6. The Morgan fingerprint density at radius 2 is 1.53 bits per heavy atom. The Balaban J connectivity index is 0.000000921. The van der Waals surface area contributed by atoms with E-state index in [9.17, 15) is 13.2 Å². The average molecular weight is 256 g/mol. The second kappa shape index (κ2) is 6.23. The number of phenolic OH excluding ortho intramolecular Hbond substituents is 1. The van der Waals surface area contributed by atoms with Crippen molar-refractivity contribution in [1.82, 2.24) is 0 Å². The van der Waals surface area contributed by atoms with Gasteiger partial charge in [-0.2, -0.15) is 4.39 Å². The highest BCUT2D eigenvalue weighted by Crippen LogP contribution is 2.29. The van der Waals surface area contributed by atoms with Gasteiger partial charge in [-0.1, -0.05) is 23.1 Å². The van der Waals surface area contributed by atoms with Gasteiger partial charge in [0.1, 0.15) is 0 Å². The fourth-order valence-electron chi connectivity index (χ4n) is 0.824. The standard InChI is InChI=1S/C7H6F3OPS.C2H6/c1-13-7-3(9)2(8)5(11)6(12)4(7)10;1-2/h11H,12H2,1H3;1-2H3. The van der Waals surface area contributed by atoms with Gasteiger partial charge < -0.3 is 5.11 Å². The summed E-state index contributed by atoms with van der Waals surface area (Å²) in [5.74, 6) is -4.73. The Morgan fingerprint density at radius 3 is 1.93 bits per heavy atom. The summed E-state index contributed by atoms with van der Waals surface area (Å²) in [7, 11) is 1.82. The largest absolute Gasteiger partial charge is 0.504 e. The molecule has 1 N–H and O–H groups in total. The summed E-state index contributed by atoms with van der Waals surface area (Å²) < 4.78 is 38.8. The predicted molar refractivity (Wildman–Crippen MR) is 60.5 cm³/mol. The van der Waals surface area contributed by atoms with Gasteiger partial charge in [0.25, 0.3) is 0 Å². The summed E-state index contributed by atoms with van der Waals surface area (Å²) in [5.41, 5.74) is 0. The monoisotopic (exact) mass is 256 g/mol. The molecule has 0 aromatic heterocycles. The van der Waals surface area contributed by atoms with E-state index in [1.165, 1.54) is 6.26 Å². The fourth-order valence-corrected chi connectivity index (χ4v) is 1.76. The van der Waals surface area contributed by atoms with E-state index >= 15 is 0 Å². The molecule has 0 aliphatic rings. The van der Waals surface area contributed by atoms with Crippen LogP contribution < -0.4 is 5.30 Å². The topological polar surface area (TPSA) is 20.2 Å². The maximum Gasteiger partial charge on any atom is 0.202 e. The molecular formula is C9H12F3OPS. The molecule has 0 heterocycles. The molecule has 1 atom stereocenters. The van der Waals surface area contributed by atoms with E-state index in [-0.39, 0.29) is 5.30 Å². The molecule has 0 radical (unpaired) electrons. The molecule has 1 unspecified atom stereocenters.